The third-order valence-electron chi connectivity index (χ3n) is 2.90. The van der Waals surface area contributed by atoms with Gasteiger partial charge in [-0.2, -0.15) is 5.10 Å². The molecule has 98 valence electrons. The minimum atomic E-state index is -0.125. The van der Waals surface area contributed by atoms with E-state index in [1.807, 2.05) is 11.7 Å². The second kappa shape index (κ2) is 5.65. The smallest absolute Gasteiger partial charge is 0.0746 e. The van der Waals surface area contributed by atoms with Crippen LogP contribution in [0.15, 0.2) is 6.20 Å². The topological polar surface area (TPSA) is 39.1 Å². The Morgan fingerprint density at radius 2 is 2.12 bits per heavy atom. The Hall–Kier alpha value is -0.870. The molecule has 1 aromatic heterocycles. The summed E-state index contributed by atoms with van der Waals surface area (Å²) in [7, 11) is 3.71. The number of ether oxygens (including phenoxy) is 1. The van der Waals surface area contributed by atoms with E-state index in [1.165, 1.54) is 11.3 Å². The number of methoxy groups -OCH3 is 1. The van der Waals surface area contributed by atoms with Crippen molar-refractivity contribution in [2.75, 3.05) is 13.7 Å². The molecule has 0 radical (unpaired) electrons. The highest BCUT2D eigenvalue weighted by Crippen LogP contribution is 2.17. The van der Waals surface area contributed by atoms with Crippen LogP contribution in [0.25, 0.3) is 0 Å². The fourth-order valence-corrected chi connectivity index (χ4v) is 1.75. The number of aryl methyl sites for hydroxylation is 1. The Morgan fingerprint density at radius 3 is 2.65 bits per heavy atom. The average molecular weight is 239 g/mol. The van der Waals surface area contributed by atoms with Crippen LogP contribution < -0.4 is 5.32 Å². The van der Waals surface area contributed by atoms with E-state index < -0.39 is 0 Å². The van der Waals surface area contributed by atoms with E-state index in [2.05, 4.69) is 44.3 Å². The van der Waals surface area contributed by atoms with Gasteiger partial charge in [0.15, 0.2) is 0 Å². The van der Waals surface area contributed by atoms with Crippen molar-refractivity contribution in [1.29, 1.82) is 0 Å². The van der Waals surface area contributed by atoms with E-state index in [4.69, 9.17) is 4.74 Å². The van der Waals surface area contributed by atoms with Crippen molar-refractivity contribution in [1.82, 2.24) is 15.1 Å². The summed E-state index contributed by atoms with van der Waals surface area (Å²) in [6.07, 6.45) is 2.09. The minimum absolute atomic E-state index is 0.125. The number of aromatic nitrogens is 2. The predicted molar refractivity (Wildman–Crippen MR) is 70.1 cm³/mol. The molecule has 1 rings (SSSR count). The third kappa shape index (κ3) is 4.13. The molecule has 0 spiro atoms. The van der Waals surface area contributed by atoms with Crippen LogP contribution in [-0.4, -0.2) is 29.0 Å². The Morgan fingerprint density at radius 1 is 1.47 bits per heavy atom. The molecule has 0 unspecified atom stereocenters. The maximum Gasteiger partial charge on any atom is 0.0746 e. The van der Waals surface area contributed by atoms with Crippen molar-refractivity contribution in [3.63, 3.8) is 0 Å². The van der Waals surface area contributed by atoms with Crippen molar-refractivity contribution < 1.29 is 4.74 Å². The fraction of sp³-hybridized carbons (Fsp3) is 0.769. The molecule has 1 heterocycles. The van der Waals surface area contributed by atoms with Gasteiger partial charge in [-0.1, -0.05) is 13.8 Å². The van der Waals surface area contributed by atoms with Crippen LogP contribution in [0.2, 0.25) is 0 Å². The molecule has 1 N–H and O–H groups in total. The highest BCUT2D eigenvalue weighted by Gasteiger charge is 2.16. The van der Waals surface area contributed by atoms with Crippen LogP contribution in [0.4, 0.5) is 0 Å². The van der Waals surface area contributed by atoms with Gasteiger partial charge in [-0.25, -0.2) is 0 Å². The van der Waals surface area contributed by atoms with E-state index in [0.29, 0.717) is 5.92 Å². The molecule has 0 aromatic carbocycles. The van der Waals surface area contributed by atoms with E-state index in [0.717, 1.165) is 13.1 Å². The lowest BCUT2D eigenvalue weighted by Crippen LogP contribution is -2.36. The van der Waals surface area contributed by atoms with Gasteiger partial charge in [-0.15, -0.1) is 0 Å². The number of hydrogen-bond donors (Lipinski definition) is 1. The van der Waals surface area contributed by atoms with Gasteiger partial charge in [0.05, 0.1) is 11.3 Å². The second-order valence-corrected chi connectivity index (χ2v) is 5.44. The molecule has 17 heavy (non-hydrogen) atoms. The molecule has 0 saturated heterocycles. The van der Waals surface area contributed by atoms with Crippen molar-refractivity contribution in [2.24, 2.45) is 7.05 Å². The summed E-state index contributed by atoms with van der Waals surface area (Å²) >= 11 is 0. The summed E-state index contributed by atoms with van der Waals surface area (Å²) in [6, 6.07) is 0. The maximum absolute atomic E-state index is 5.38. The van der Waals surface area contributed by atoms with Gasteiger partial charge in [-0.3, -0.25) is 4.68 Å². The quantitative estimate of drug-likeness (QED) is 0.826. The first kappa shape index (κ1) is 14.2. The molecule has 4 heteroatoms. The molecule has 1 aromatic rings. The maximum atomic E-state index is 5.38. The Kier molecular flexibility index (Phi) is 4.71. The highest BCUT2D eigenvalue weighted by atomic mass is 16.5. The van der Waals surface area contributed by atoms with E-state index in [9.17, 15) is 0 Å². The number of hydrogen-bond acceptors (Lipinski definition) is 3. The molecule has 0 bridgehead atoms. The van der Waals surface area contributed by atoms with Crippen molar-refractivity contribution in [3.05, 3.63) is 17.5 Å². The van der Waals surface area contributed by atoms with Crippen LogP contribution >= 0.6 is 0 Å². The van der Waals surface area contributed by atoms with Crippen LogP contribution in [0.1, 0.15) is 44.9 Å². The van der Waals surface area contributed by atoms with Crippen molar-refractivity contribution >= 4 is 0 Å². The summed E-state index contributed by atoms with van der Waals surface area (Å²) in [5.41, 5.74) is 2.32. The molecular weight excluding hydrogens is 214 g/mol. The normalized spacial score (nSPS) is 12.4. The summed E-state index contributed by atoms with van der Waals surface area (Å²) in [6.45, 7) is 10.2. The average Bonchev–Trinajstić information content (AvgIpc) is 2.60. The largest absolute Gasteiger partial charge is 0.377 e. The van der Waals surface area contributed by atoms with Gasteiger partial charge in [-0.05, 0) is 19.8 Å². The summed E-state index contributed by atoms with van der Waals surface area (Å²) in [4.78, 5) is 0. The van der Waals surface area contributed by atoms with Crippen molar-refractivity contribution in [2.45, 2.75) is 45.8 Å². The van der Waals surface area contributed by atoms with Crippen LogP contribution in [0.3, 0.4) is 0 Å². The molecule has 0 aliphatic rings. The molecule has 0 amide bonds. The van der Waals surface area contributed by atoms with Gasteiger partial charge < -0.3 is 10.1 Å². The monoisotopic (exact) mass is 239 g/mol. The zero-order valence-corrected chi connectivity index (χ0v) is 11.9. The SMILES string of the molecule is COC(C)(C)CNCc1cn(C)nc1C(C)C. The molecule has 0 fully saturated rings. The minimum Gasteiger partial charge on any atom is -0.377 e. The van der Waals surface area contributed by atoms with Crippen LogP contribution in [-0.2, 0) is 18.3 Å². The zero-order valence-electron chi connectivity index (χ0n) is 11.9. The van der Waals surface area contributed by atoms with E-state index >= 15 is 0 Å². The van der Waals surface area contributed by atoms with Gasteiger partial charge in [0.2, 0.25) is 0 Å². The molecule has 0 aliphatic heterocycles. The Labute approximate surface area is 104 Å². The lowest BCUT2D eigenvalue weighted by Gasteiger charge is -2.23. The first-order valence-corrected chi connectivity index (χ1v) is 6.14. The Balaban J connectivity index is 2.57. The lowest BCUT2D eigenvalue weighted by atomic mass is 10.1. The highest BCUT2D eigenvalue weighted by molar-refractivity contribution is 5.19. The standard InChI is InChI=1S/C13H25N3O/c1-10(2)12-11(8-16(5)15-12)7-14-9-13(3,4)17-6/h8,10,14H,7,9H2,1-6H3. The molecular formula is C13H25N3O. The van der Waals surface area contributed by atoms with Crippen molar-refractivity contribution in [3.8, 4) is 0 Å². The van der Waals surface area contributed by atoms with Crippen LogP contribution in [0, 0.1) is 0 Å². The number of nitrogens with zero attached hydrogens (tertiary/aromatic N) is 2. The molecule has 4 nitrogen and oxygen atoms in total. The number of rotatable bonds is 6. The molecule has 0 saturated carbocycles. The lowest BCUT2D eigenvalue weighted by molar-refractivity contribution is 0.0230. The second-order valence-electron chi connectivity index (χ2n) is 5.44. The van der Waals surface area contributed by atoms with E-state index in [1.54, 1.807) is 7.11 Å². The van der Waals surface area contributed by atoms with Gasteiger partial charge in [0, 0.05) is 39.0 Å². The number of nitrogens with one attached hydrogen (secondary N) is 1. The first-order valence-electron chi connectivity index (χ1n) is 6.14. The predicted octanol–water partition coefficient (Wildman–Crippen LogP) is 2.06. The van der Waals surface area contributed by atoms with Gasteiger partial charge in [0.1, 0.15) is 0 Å². The molecule has 0 aliphatic carbocycles. The van der Waals surface area contributed by atoms with Crippen LogP contribution in [0.5, 0.6) is 0 Å². The van der Waals surface area contributed by atoms with E-state index in [-0.39, 0.29) is 5.60 Å². The summed E-state index contributed by atoms with van der Waals surface area (Å²) in [5.74, 6) is 0.462. The van der Waals surface area contributed by atoms with Gasteiger partial charge in [0.25, 0.3) is 0 Å². The van der Waals surface area contributed by atoms with Gasteiger partial charge >= 0.3 is 0 Å². The first-order chi connectivity index (χ1) is 7.85. The Bertz CT molecular complexity index is 356. The zero-order chi connectivity index (χ0) is 13.1. The molecule has 0 atom stereocenters. The summed E-state index contributed by atoms with van der Waals surface area (Å²) < 4.78 is 7.26. The fourth-order valence-electron chi connectivity index (χ4n) is 1.75. The summed E-state index contributed by atoms with van der Waals surface area (Å²) in [5, 5.41) is 7.91. The third-order valence-corrected chi connectivity index (χ3v) is 2.90.